The highest BCUT2D eigenvalue weighted by atomic mass is 16.6. The Morgan fingerprint density at radius 1 is 1.14 bits per heavy atom. The number of rotatable bonds is 12. The van der Waals surface area contributed by atoms with Crippen molar-refractivity contribution in [3.05, 3.63) is 9.81 Å². The van der Waals surface area contributed by atoms with Crippen molar-refractivity contribution < 1.29 is 4.84 Å². The molecule has 0 aliphatic heterocycles. The Balaban J connectivity index is 4.09. The molecule has 0 saturated heterocycles. The molecule has 0 saturated carbocycles. The molecule has 0 aromatic carbocycles. The largest absolute Gasteiger partial charge is 0.330 e. The van der Waals surface area contributed by atoms with Gasteiger partial charge in [0.1, 0.15) is 12.1 Å². The number of nitroso groups, excluding NO2 is 2. The average molecular weight is 303 g/mol. The second-order valence-corrected chi connectivity index (χ2v) is 6.30. The van der Waals surface area contributed by atoms with Crippen LogP contribution in [-0.4, -0.2) is 42.9 Å². The van der Waals surface area contributed by atoms with Crippen LogP contribution < -0.4 is 16.5 Å². The van der Waals surface area contributed by atoms with Gasteiger partial charge in [0, 0.05) is 12.1 Å². The zero-order valence-corrected chi connectivity index (χ0v) is 13.7. The molecule has 0 bridgehead atoms. The molecule has 0 aromatic heterocycles. The Bertz CT molecular complexity index is 323. The maximum atomic E-state index is 10.8. The topological polar surface area (TPSA) is 118 Å². The lowest BCUT2D eigenvalue weighted by molar-refractivity contribution is -0.0183. The van der Waals surface area contributed by atoms with Crippen LogP contribution in [0.2, 0.25) is 0 Å². The monoisotopic (exact) mass is 303 g/mol. The zero-order valence-electron chi connectivity index (χ0n) is 13.7. The van der Waals surface area contributed by atoms with Crippen LogP contribution in [0.15, 0.2) is 10.4 Å². The van der Waals surface area contributed by atoms with Gasteiger partial charge in [-0.25, -0.2) is 0 Å². The fourth-order valence-electron chi connectivity index (χ4n) is 1.70. The van der Waals surface area contributed by atoms with Crippen molar-refractivity contribution in [2.45, 2.75) is 64.2 Å². The molecule has 21 heavy (non-hydrogen) atoms. The zero-order chi connectivity index (χ0) is 16.5. The third kappa shape index (κ3) is 7.03. The molecule has 0 fully saturated rings. The Hall–Kier alpha value is -0.960. The lowest BCUT2D eigenvalue weighted by atomic mass is 9.92. The second-order valence-electron chi connectivity index (χ2n) is 6.30. The van der Waals surface area contributed by atoms with Crippen molar-refractivity contribution in [3.8, 4) is 0 Å². The van der Waals surface area contributed by atoms with Crippen LogP contribution in [0.3, 0.4) is 0 Å². The number of nitrogens with two attached hydrogens (primary N) is 1. The minimum Gasteiger partial charge on any atom is -0.330 e. The third-order valence-electron chi connectivity index (χ3n) is 3.72. The van der Waals surface area contributed by atoms with E-state index in [-0.39, 0.29) is 6.04 Å². The van der Waals surface area contributed by atoms with E-state index in [9.17, 15) is 9.81 Å². The number of hydrogen-bond acceptors (Lipinski definition) is 8. The van der Waals surface area contributed by atoms with Gasteiger partial charge in [-0.15, -0.1) is 0 Å². The van der Waals surface area contributed by atoms with E-state index < -0.39 is 17.1 Å². The quantitative estimate of drug-likeness (QED) is 0.284. The van der Waals surface area contributed by atoms with E-state index in [4.69, 9.17) is 10.6 Å². The number of nitrogens with one attached hydrogen (secondary N) is 2. The third-order valence-corrected chi connectivity index (χ3v) is 3.72. The van der Waals surface area contributed by atoms with Gasteiger partial charge in [0.2, 0.25) is 0 Å². The lowest BCUT2D eigenvalue weighted by Gasteiger charge is -2.31. The first-order valence-electron chi connectivity index (χ1n) is 7.20. The molecular formula is C13H29N5O3. The highest BCUT2D eigenvalue weighted by Gasteiger charge is 2.30. The van der Waals surface area contributed by atoms with Crippen molar-refractivity contribution in [1.29, 1.82) is 0 Å². The van der Waals surface area contributed by atoms with Gasteiger partial charge in [0.15, 0.2) is 0 Å². The lowest BCUT2D eigenvalue weighted by Crippen LogP contribution is -2.51. The average Bonchev–Trinajstić information content (AvgIpc) is 2.42. The summed E-state index contributed by atoms with van der Waals surface area (Å²) in [5, 5.41) is 9.34. The van der Waals surface area contributed by atoms with Gasteiger partial charge in [-0.1, -0.05) is 10.4 Å². The van der Waals surface area contributed by atoms with Crippen molar-refractivity contribution in [3.63, 3.8) is 0 Å². The predicted octanol–water partition coefficient (Wildman–Crippen LogP) is 1.29. The summed E-state index contributed by atoms with van der Waals surface area (Å²) in [6, 6.07) is -0.790. The highest BCUT2D eigenvalue weighted by Crippen LogP contribution is 2.15. The first kappa shape index (κ1) is 20.0. The van der Waals surface area contributed by atoms with E-state index in [2.05, 4.69) is 21.2 Å². The van der Waals surface area contributed by atoms with E-state index in [0.717, 1.165) is 0 Å². The fourth-order valence-corrected chi connectivity index (χ4v) is 1.70. The van der Waals surface area contributed by atoms with E-state index >= 15 is 0 Å². The van der Waals surface area contributed by atoms with Crippen LogP contribution >= 0.6 is 0 Å². The van der Waals surface area contributed by atoms with Crippen molar-refractivity contribution >= 4 is 0 Å². The molecule has 0 aromatic rings. The molecule has 2 atom stereocenters. The first-order valence-corrected chi connectivity index (χ1v) is 7.20. The molecule has 8 heteroatoms. The molecule has 124 valence electrons. The number of nitrogens with zero attached hydrogens (tertiary/aromatic N) is 2. The van der Waals surface area contributed by atoms with Crippen LogP contribution in [0, 0.1) is 9.81 Å². The van der Waals surface area contributed by atoms with E-state index in [1.807, 2.05) is 27.7 Å². The van der Waals surface area contributed by atoms with E-state index in [1.165, 1.54) is 0 Å². The maximum Gasteiger partial charge on any atom is 0.111 e. The molecule has 0 amide bonds. The van der Waals surface area contributed by atoms with Gasteiger partial charge < -0.3 is 11.1 Å². The van der Waals surface area contributed by atoms with Gasteiger partial charge in [0.25, 0.3) is 0 Å². The van der Waals surface area contributed by atoms with Crippen LogP contribution in [-0.2, 0) is 4.84 Å². The summed E-state index contributed by atoms with van der Waals surface area (Å²) in [7, 11) is 0. The summed E-state index contributed by atoms with van der Waals surface area (Å²) in [4.78, 5) is 26.7. The molecule has 4 N–H and O–H groups in total. The smallest absolute Gasteiger partial charge is 0.111 e. The molecule has 0 rings (SSSR count). The van der Waals surface area contributed by atoms with Gasteiger partial charge in [0.05, 0.1) is 12.1 Å². The van der Waals surface area contributed by atoms with Crippen molar-refractivity contribution in [2.24, 2.45) is 16.1 Å². The molecule has 2 unspecified atom stereocenters. The number of hydroxylamine groups is 1. The van der Waals surface area contributed by atoms with Gasteiger partial charge in [-0.3, -0.25) is 4.84 Å². The number of hydrogen-bond donors (Lipinski definition) is 3. The predicted molar refractivity (Wildman–Crippen MR) is 83.8 cm³/mol. The Kier molecular flexibility index (Phi) is 8.72. The van der Waals surface area contributed by atoms with E-state index in [0.29, 0.717) is 26.1 Å². The minimum absolute atomic E-state index is 0.382. The van der Waals surface area contributed by atoms with Gasteiger partial charge in [-0.2, -0.15) is 15.3 Å². The van der Waals surface area contributed by atoms with Crippen LogP contribution in [0.5, 0.6) is 0 Å². The standard InChI is InChI=1S/C13H29N5O3/c1-10(16-19)12(2,3)18-21-9-8-15-13(4,5)11(17-20)6-7-14/h10-11,15,18H,6-9,14H2,1-5H3. The molecule has 8 nitrogen and oxygen atoms in total. The fraction of sp³-hybridized carbons (Fsp3) is 1.00. The molecule has 0 heterocycles. The molecule has 0 aliphatic carbocycles. The molecular weight excluding hydrogens is 274 g/mol. The SMILES string of the molecule is CC(N=O)C(C)(C)NOCCNC(C)(C)C(CCN)N=O. The summed E-state index contributed by atoms with van der Waals surface area (Å²) >= 11 is 0. The Labute approximate surface area is 126 Å². The maximum absolute atomic E-state index is 10.8. The van der Waals surface area contributed by atoms with Crippen molar-refractivity contribution in [1.82, 2.24) is 10.8 Å². The van der Waals surface area contributed by atoms with Gasteiger partial charge >= 0.3 is 0 Å². The summed E-state index contributed by atoms with van der Waals surface area (Å²) in [5.74, 6) is 0. The van der Waals surface area contributed by atoms with E-state index in [1.54, 1.807) is 6.92 Å². The highest BCUT2D eigenvalue weighted by molar-refractivity contribution is 4.91. The Morgan fingerprint density at radius 3 is 2.24 bits per heavy atom. The van der Waals surface area contributed by atoms with Crippen molar-refractivity contribution in [2.75, 3.05) is 19.7 Å². The minimum atomic E-state index is -0.538. The first-order chi connectivity index (χ1) is 9.71. The summed E-state index contributed by atoms with van der Waals surface area (Å²) in [6.45, 7) is 10.5. The molecule has 0 spiro atoms. The van der Waals surface area contributed by atoms with Crippen LogP contribution in [0.4, 0.5) is 0 Å². The van der Waals surface area contributed by atoms with Crippen LogP contribution in [0.25, 0.3) is 0 Å². The summed E-state index contributed by atoms with van der Waals surface area (Å²) < 4.78 is 0. The Morgan fingerprint density at radius 2 is 1.76 bits per heavy atom. The van der Waals surface area contributed by atoms with Gasteiger partial charge in [-0.05, 0) is 47.6 Å². The molecule has 0 radical (unpaired) electrons. The molecule has 0 aliphatic rings. The second kappa shape index (κ2) is 9.14. The van der Waals surface area contributed by atoms with Crippen LogP contribution in [0.1, 0.15) is 41.0 Å². The summed E-state index contributed by atoms with van der Waals surface area (Å²) in [6.07, 6.45) is 0.540. The normalized spacial score (nSPS) is 15.5. The summed E-state index contributed by atoms with van der Waals surface area (Å²) in [5.41, 5.74) is 7.31.